The molecule has 3 rings (SSSR count). The molecule has 0 radical (unpaired) electrons. The van der Waals surface area contributed by atoms with E-state index in [-0.39, 0.29) is 24.3 Å². The fourth-order valence-corrected chi connectivity index (χ4v) is 2.50. The van der Waals surface area contributed by atoms with Crippen LogP contribution in [0.5, 0.6) is 0 Å². The van der Waals surface area contributed by atoms with Crippen molar-refractivity contribution >= 4 is 17.5 Å². The van der Waals surface area contributed by atoms with Gasteiger partial charge >= 0.3 is 0 Å². The van der Waals surface area contributed by atoms with E-state index in [4.69, 9.17) is 0 Å². The summed E-state index contributed by atoms with van der Waals surface area (Å²) in [6, 6.07) is 9.56. The largest absolute Gasteiger partial charge is 0.344 e. The second-order valence-corrected chi connectivity index (χ2v) is 5.48. The Morgan fingerprint density at radius 2 is 2.12 bits per heavy atom. The molecule has 2 aromatic rings. The normalized spacial score (nSPS) is 15.3. The van der Waals surface area contributed by atoms with Crippen molar-refractivity contribution in [1.82, 2.24) is 25.5 Å². The lowest BCUT2D eigenvalue weighted by Gasteiger charge is -2.20. The summed E-state index contributed by atoms with van der Waals surface area (Å²) in [4.78, 5) is 27.5. The molecule has 2 amide bonds. The third kappa shape index (κ3) is 4.03. The third-order valence-corrected chi connectivity index (χ3v) is 3.79. The van der Waals surface area contributed by atoms with Crippen LogP contribution in [0.4, 0.5) is 0 Å². The summed E-state index contributed by atoms with van der Waals surface area (Å²) in [5.74, 6) is -0.431. The molecule has 1 unspecified atom stereocenters. The number of rotatable bonds is 6. The van der Waals surface area contributed by atoms with Gasteiger partial charge in [0.05, 0.1) is 6.04 Å². The zero-order valence-corrected chi connectivity index (χ0v) is 13.1. The number of amides is 2. The minimum Gasteiger partial charge on any atom is -0.344 e. The number of hydrogen-bond donors (Lipinski definition) is 2. The summed E-state index contributed by atoms with van der Waals surface area (Å²) in [6.07, 6.45) is 4.42. The Morgan fingerprint density at radius 1 is 1.29 bits per heavy atom. The number of nitrogens with one attached hydrogen (secondary N) is 2. The van der Waals surface area contributed by atoms with Crippen LogP contribution in [-0.2, 0) is 16.1 Å². The van der Waals surface area contributed by atoms with Gasteiger partial charge in [-0.2, -0.15) is 10.2 Å². The number of nitrogens with zero attached hydrogens (tertiary/aromatic N) is 4. The molecule has 0 fully saturated rings. The quantitative estimate of drug-likeness (QED) is 0.819. The minimum absolute atomic E-state index is 0.169. The highest BCUT2D eigenvalue weighted by Gasteiger charge is 2.22. The third-order valence-electron chi connectivity index (χ3n) is 3.79. The van der Waals surface area contributed by atoms with Crippen molar-refractivity contribution in [3.8, 4) is 0 Å². The van der Waals surface area contributed by atoms with Crippen molar-refractivity contribution in [3.63, 3.8) is 0 Å². The monoisotopic (exact) mass is 326 g/mol. The van der Waals surface area contributed by atoms with Gasteiger partial charge in [-0.1, -0.05) is 30.3 Å². The van der Waals surface area contributed by atoms with Crippen molar-refractivity contribution < 1.29 is 9.59 Å². The Balaban J connectivity index is 1.69. The lowest BCUT2D eigenvalue weighted by atomic mass is 10.0. The second kappa shape index (κ2) is 7.49. The van der Waals surface area contributed by atoms with Crippen LogP contribution in [0.1, 0.15) is 30.9 Å². The average Bonchev–Trinajstić information content (AvgIpc) is 3.13. The van der Waals surface area contributed by atoms with Crippen molar-refractivity contribution in [1.29, 1.82) is 0 Å². The maximum Gasteiger partial charge on any atom is 0.267 e. The summed E-state index contributed by atoms with van der Waals surface area (Å²) in [7, 11) is 0. The predicted octanol–water partition coefficient (Wildman–Crippen LogP) is 0.792. The van der Waals surface area contributed by atoms with Gasteiger partial charge in [-0.15, -0.1) is 0 Å². The molecule has 2 heterocycles. The highest BCUT2D eigenvalue weighted by molar-refractivity contribution is 6.39. The highest BCUT2D eigenvalue weighted by Crippen LogP contribution is 2.17. The van der Waals surface area contributed by atoms with E-state index < -0.39 is 0 Å². The fourth-order valence-electron chi connectivity index (χ4n) is 2.50. The molecule has 0 aliphatic carbocycles. The molecule has 0 bridgehead atoms. The molecule has 1 aliphatic rings. The summed E-state index contributed by atoms with van der Waals surface area (Å²) < 4.78 is 1.72. The van der Waals surface area contributed by atoms with E-state index in [9.17, 15) is 9.59 Å². The van der Waals surface area contributed by atoms with Gasteiger partial charge in [-0.3, -0.25) is 14.3 Å². The molecule has 0 saturated carbocycles. The van der Waals surface area contributed by atoms with E-state index in [0.717, 1.165) is 5.56 Å². The van der Waals surface area contributed by atoms with E-state index in [2.05, 4.69) is 25.9 Å². The SMILES string of the molecule is O=C1CCC(C(=O)NC(CCn2cncn2)c2ccccc2)=NN1. The number of hydrazone groups is 1. The summed E-state index contributed by atoms with van der Waals surface area (Å²) >= 11 is 0. The summed E-state index contributed by atoms with van der Waals surface area (Å²) in [6.45, 7) is 0.628. The van der Waals surface area contributed by atoms with Crippen LogP contribution < -0.4 is 10.7 Å². The molecule has 124 valence electrons. The van der Waals surface area contributed by atoms with Gasteiger partial charge in [0, 0.05) is 19.4 Å². The lowest BCUT2D eigenvalue weighted by Crippen LogP contribution is -2.39. The predicted molar refractivity (Wildman–Crippen MR) is 86.8 cm³/mol. The first-order chi connectivity index (χ1) is 11.7. The molecular weight excluding hydrogens is 308 g/mol. The second-order valence-electron chi connectivity index (χ2n) is 5.48. The first kappa shape index (κ1) is 15.9. The molecule has 0 spiro atoms. The Kier molecular flexibility index (Phi) is 4.95. The van der Waals surface area contributed by atoms with Crippen LogP contribution >= 0.6 is 0 Å². The molecule has 1 aromatic carbocycles. The zero-order valence-electron chi connectivity index (χ0n) is 13.1. The van der Waals surface area contributed by atoms with Crippen molar-refractivity contribution in [3.05, 3.63) is 48.5 Å². The molecule has 24 heavy (non-hydrogen) atoms. The Hall–Kier alpha value is -3.03. The van der Waals surface area contributed by atoms with Crippen LogP contribution in [-0.4, -0.2) is 32.3 Å². The molecule has 1 atom stereocenters. The van der Waals surface area contributed by atoms with Crippen molar-refractivity contribution in [2.45, 2.75) is 31.8 Å². The zero-order chi connectivity index (χ0) is 16.8. The number of benzene rings is 1. The molecule has 8 heteroatoms. The topological polar surface area (TPSA) is 101 Å². The van der Waals surface area contributed by atoms with Gasteiger partial charge in [-0.25, -0.2) is 10.4 Å². The Labute approximate surface area is 139 Å². The van der Waals surface area contributed by atoms with Crippen LogP contribution in [0.15, 0.2) is 48.1 Å². The van der Waals surface area contributed by atoms with Crippen molar-refractivity contribution in [2.24, 2.45) is 5.10 Å². The van der Waals surface area contributed by atoms with E-state index >= 15 is 0 Å². The van der Waals surface area contributed by atoms with Crippen molar-refractivity contribution in [2.75, 3.05) is 0 Å². The summed E-state index contributed by atoms with van der Waals surface area (Å²) in [5.41, 5.74) is 3.70. The highest BCUT2D eigenvalue weighted by atomic mass is 16.2. The van der Waals surface area contributed by atoms with Crippen LogP contribution in [0, 0.1) is 0 Å². The van der Waals surface area contributed by atoms with Gasteiger partial charge in [0.2, 0.25) is 5.91 Å². The van der Waals surface area contributed by atoms with Gasteiger partial charge < -0.3 is 5.32 Å². The van der Waals surface area contributed by atoms with E-state index in [1.165, 1.54) is 6.33 Å². The maximum absolute atomic E-state index is 12.4. The Morgan fingerprint density at radius 3 is 2.79 bits per heavy atom. The number of hydrogen-bond acceptors (Lipinski definition) is 5. The Bertz CT molecular complexity index is 726. The van der Waals surface area contributed by atoms with Gasteiger partial charge in [0.25, 0.3) is 5.91 Å². The number of aryl methyl sites for hydroxylation is 1. The van der Waals surface area contributed by atoms with Gasteiger partial charge in [0.15, 0.2) is 0 Å². The minimum atomic E-state index is -0.262. The van der Waals surface area contributed by atoms with E-state index in [1.54, 1.807) is 11.0 Å². The maximum atomic E-state index is 12.4. The fraction of sp³-hybridized carbons (Fsp3) is 0.312. The average molecular weight is 326 g/mol. The number of aromatic nitrogens is 3. The van der Waals surface area contributed by atoms with Gasteiger partial charge in [0.1, 0.15) is 18.4 Å². The molecular formula is C16H18N6O2. The first-order valence-corrected chi connectivity index (χ1v) is 7.76. The first-order valence-electron chi connectivity index (χ1n) is 7.76. The molecule has 1 aliphatic heterocycles. The van der Waals surface area contributed by atoms with E-state index in [1.807, 2.05) is 30.3 Å². The summed E-state index contributed by atoms with van der Waals surface area (Å²) in [5, 5.41) is 10.9. The molecule has 0 saturated heterocycles. The molecule has 2 N–H and O–H groups in total. The number of carbonyl (C=O) groups excluding carboxylic acids is 2. The molecule has 1 aromatic heterocycles. The standard InChI is InChI=1S/C16H18N6O2/c23-15-7-6-14(20-21-15)16(24)19-13(12-4-2-1-3-5-12)8-9-22-11-17-10-18-22/h1-5,10-11,13H,6-9H2,(H,19,24)(H,21,23). The van der Waals surface area contributed by atoms with E-state index in [0.29, 0.717) is 25.1 Å². The van der Waals surface area contributed by atoms with Crippen LogP contribution in [0.2, 0.25) is 0 Å². The van der Waals surface area contributed by atoms with Crippen LogP contribution in [0.3, 0.4) is 0 Å². The smallest absolute Gasteiger partial charge is 0.267 e. The number of carbonyl (C=O) groups is 2. The molecule has 8 nitrogen and oxygen atoms in total. The van der Waals surface area contributed by atoms with Crippen LogP contribution in [0.25, 0.3) is 0 Å². The lowest BCUT2D eigenvalue weighted by molar-refractivity contribution is -0.121. The van der Waals surface area contributed by atoms with Gasteiger partial charge in [-0.05, 0) is 12.0 Å².